The predicted octanol–water partition coefficient (Wildman–Crippen LogP) is 5.09. The number of aliphatic imine (C=N–C) groups is 1. The summed E-state index contributed by atoms with van der Waals surface area (Å²) in [7, 11) is 0. The maximum Gasteiger partial charge on any atom is 0.417 e. The monoisotopic (exact) mass is 596 g/mol. The molecule has 1 fully saturated rings. The van der Waals surface area contributed by atoms with Gasteiger partial charge in [-0.25, -0.2) is 4.79 Å². The van der Waals surface area contributed by atoms with Crippen molar-refractivity contribution in [2.75, 3.05) is 6.54 Å². The molecule has 2 N–H and O–H groups in total. The Bertz CT molecular complexity index is 1320. The summed E-state index contributed by atoms with van der Waals surface area (Å²) in [5, 5.41) is 23.6. The van der Waals surface area contributed by atoms with Crippen LogP contribution in [0.25, 0.3) is 5.32 Å². The first-order valence-corrected chi connectivity index (χ1v) is 12.4. The number of aliphatic hydroxyl groups excluding tert-OH is 1. The Morgan fingerprint density at radius 2 is 1.57 bits per heavy atom. The molecular formula is C29H27F3N3NiO4-. The van der Waals surface area contributed by atoms with Gasteiger partial charge in [0.05, 0.1) is 17.7 Å². The summed E-state index contributed by atoms with van der Waals surface area (Å²) >= 11 is 0. The summed E-state index contributed by atoms with van der Waals surface area (Å²) < 4.78 is 39.8. The molecule has 1 saturated heterocycles. The van der Waals surface area contributed by atoms with Crippen LogP contribution in [-0.2, 0) is 32.6 Å². The van der Waals surface area contributed by atoms with Gasteiger partial charge in [-0.2, -0.15) is 13.2 Å². The van der Waals surface area contributed by atoms with Crippen LogP contribution < -0.4 is 0 Å². The Kier molecular flexibility index (Phi) is 10.6. The first kappa shape index (κ1) is 31.0. The average molecular weight is 597 g/mol. The number of para-hydroxylation sites is 1. The van der Waals surface area contributed by atoms with E-state index in [0.29, 0.717) is 18.5 Å². The summed E-state index contributed by atoms with van der Waals surface area (Å²) in [4.78, 5) is 31.0. The van der Waals surface area contributed by atoms with Crippen LogP contribution in [0.15, 0.2) is 89.9 Å². The zero-order valence-corrected chi connectivity index (χ0v) is 22.1. The third kappa shape index (κ3) is 7.56. The van der Waals surface area contributed by atoms with Crippen molar-refractivity contribution in [3.63, 3.8) is 0 Å². The fourth-order valence-corrected chi connectivity index (χ4v) is 4.55. The van der Waals surface area contributed by atoms with E-state index in [1.165, 1.54) is 12.1 Å². The molecule has 3 aromatic rings. The van der Waals surface area contributed by atoms with Crippen LogP contribution in [0.1, 0.15) is 29.5 Å². The van der Waals surface area contributed by atoms with Gasteiger partial charge < -0.3 is 20.3 Å². The van der Waals surface area contributed by atoms with Crippen LogP contribution in [-0.4, -0.2) is 63.6 Å². The van der Waals surface area contributed by atoms with Crippen molar-refractivity contribution in [2.45, 2.75) is 43.8 Å². The summed E-state index contributed by atoms with van der Waals surface area (Å²) in [6, 6.07) is 21.0. The third-order valence-electron chi connectivity index (χ3n) is 6.47. The molecule has 0 spiro atoms. The summed E-state index contributed by atoms with van der Waals surface area (Å²) in [5.41, 5.74) is 1.54. The number of halogens is 3. The van der Waals surface area contributed by atoms with Crippen LogP contribution in [0, 0.1) is 0 Å². The van der Waals surface area contributed by atoms with Crippen molar-refractivity contribution in [1.29, 1.82) is 0 Å². The number of aliphatic hydroxyl groups is 1. The zero-order chi connectivity index (χ0) is 28.0. The number of carbonyl (C=O) groups excluding carboxylic acids is 1. The number of likely N-dealkylation sites (tertiary alicyclic amines) is 1. The van der Waals surface area contributed by atoms with Crippen molar-refractivity contribution in [2.24, 2.45) is 4.99 Å². The molecule has 3 aromatic carbocycles. The summed E-state index contributed by atoms with van der Waals surface area (Å²) in [5.74, 6) is -2.35. The van der Waals surface area contributed by atoms with E-state index in [4.69, 9.17) is 0 Å². The number of alkyl halides is 3. The van der Waals surface area contributed by atoms with E-state index in [1.807, 2.05) is 35.2 Å². The van der Waals surface area contributed by atoms with Crippen molar-refractivity contribution in [3.8, 4) is 0 Å². The number of hydrogen-bond acceptors (Lipinski definition) is 5. The van der Waals surface area contributed by atoms with Crippen molar-refractivity contribution in [1.82, 2.24) is 4.90 Å². The molecule has 0 aromatic heterocycles. The van der Waals surface area contributed by atoms with Crippen molar-refractivity contribution in [3.05, 3.63) is 107 Å². The quantitative estimate of drug-likeness (QED) is 0.264. The van der Waals surface area contributed by atoms with Crippen LogP contribution in [0.3, 0.4) is 0 Å². The molecule has 0 radical (unpaired) electrons. The van der Waals surface area contributed by atoms with Gasteiger partial charge in [0.1, 0.15) is 0 Å². The van der Waals surface area contributed by atoms with Crippen molar-refractivity contribution < 1.29 is 49.5 Å². The molecule has 11 heteroatoms. The van der Waals surface area contributed by atoms with Gasteiger partial charge in [0.2, 0.25) is 0 Å². The maximum absolute atomic E-state index is 13.4. The van der Waals surface area contributed by atoms with E-state index >= 15 is 0 Å². The average Bonchev–Trinajstić information content (AvgIpc) is 3.38. The van der Waals surface area contributed by atoms with Gasteiger partial charge in [-0.1, -0.05) is 84.9 Å². The second-order valence-corrected chi connectivity index (χ2v) is 9.19. The van der Waals surface area contributed by atoms with Gasteiger partial charge >= 0.3 is 12.1 Å². The second kappa shape index (κ2) is 13.7. The molecule has 0 saturated carbocycles. The molecule has 0 unspecified atom stereocenters. The van der Waals surface area contributed by atoms with E-state index in [0.717, 1.165) is 18.5 Å². The van der Waals surface area contributed by atoms with Gasteiger partial charge in [-0.05, 0) is 30.5 Å². The van der Waals surface area contributed by atoms with Crippen LogP contribution in [0.2, 0.25) is 0 Å². The van der Waals surface area contributed by atoms with E-state index < -0.39 is 36.2 Å². The molecule has 0 aliphatic carbocycles. The second-order valence-electron chi connectivity index (χ2n) is 9.19. The molecule has 4 rings (SSSR count). The molecule has 1 aliphatic rings. The SMILES string of the molecule is O=C(O)[C@@H](N=C(c1ccccc1)c1ccccc1[N-]C(=O)[C@@H]1CCCN1Cc1ccccc1)[C@H](O)C(F)(F)F.[Ni]. The number of rotatable bonds is 9. The third-order valence-corrected chi connectivity index (χ3v) is 6.47. The number of aliphatic carboxylic acids is 1. The summed E-state index contributed by atoms with van der Waals surface area (Å²) in [6.45, 7) is 1.29. The van der Waals surface area contributed by atoms with E-state index in [9.17, 15) is 33.0 Å². The van der Waals surface area contributed by atoms with Crippen LogP contribution >= 0.6 is 0 Å². The topological polar surface area (TPSA) is 104 Å². The van der Waals surface area contributed by atoms with Crippen LogP contribution in [0.5, 0.6) is 0 Å². The minimum Gasteiger partial charge on any atom is -0.625 e. The fraction of sp³-hybridized carbons (Fsp3) is 0.276. The maximum atomic E-state index is 13.4. The Morgan fingerprint density at radius 1 is 0.975 bits per heavy atom. The fourth-order valence-electron chi connectivity index (χ4n) is 4.55. The van der Waals surface area contributed by atoms with Gasteiger partial charge in [-0.3, -0.25) is 9.89 Å². The first-order chi connectivity index (χ1) is 18.6. The summed E-state index contributed by atoms with van der Waals surface area (Å²) in [6.07, 6.45) is -7.02. The van der Waals surface area contributed by atoms with Gasteiger partial charge in [0.15, 0.2) is 12.1 Å². The number of nitrogens with zero attached hydrogens (tertiary/aromatic N) is 3. The molecule has 1 amide bonds. The molecule has 7 nitrogen and oxygen atoms in total. The number of carboxylic acid groups (broad SMARTS) is 1. The first-order valence-electron chi connectivity index (χ1n) is 12.4. The van der Waals surface area contributed by atoms with Gasteiger partial charge in [0.25, 0.3) is 0 Å². The molecule has 1 aliphatic heterocycles. The molecule has 1 heterocycles. The Labute approximate surface area is 239 Å². The zero-order valence-electron chi connectivity index (χ0n) is 21.1. The number of hydrogen-bond donors (Lipinski definition) is 2. The molecule has 3 atom stereocenters. The Balaban J connectivity index is 0.00000441. The van der Waals surface area contributed by atoms with E-state index in [1.54, 1.807) is 42.5 Å². The van der Waals surface area contributed by atoms with Crippen LogP contribution in [0.4, 0.5) is 18.9 Å². The predicted molar refractivity (Wildman–Crippen MR) is 140 cm³/mol. The van der Waals surface area contributed by atoms with Gasteiger partial charge in [-0.15, -0.1) is 5.69 Å². The minimum atomic E-state index is -5.21. The Morgan fingerprint density at radius 3 is 2.20 bits per heavy atom. The normalized spacial score (nSPS) is 17.5. The van der Waals surface area contributed by atoms with E-state index in [-0.39, 0.29) is 33.5 Å². The molecule has 214 valence electrons. The minimum absolute atomic E-state index is 0. The smallest absolute Gasteiger partial charge is 0.417 e. The van der Waals surface area contributed by atoms with Crippen molar-refractivity contribution >= 4 is 23.3 Å². The number of benzene rings is 3. The number of carboxylic acids is 1. The largest absolute Gasteiger partial charge is 0.625 e. The van der Waals surface area contributed by atoms with E-state index in [2.05, 4.69) is 10.3 Å². The molecule has 40 heavy (non-hydrogen) atoms. The Hall–Kier alpha value is -3.53. The van der Waals surface area contributed by atoms with Gasteiger partial charge in [0, 0.05) is 28.6 Å². The number of amides is 1. The molecular weight excluding hydrogens is 570 g/mol. The standard InChI is InChI=1S/C29H28F3N3O4.Ni/c30-29(31,32)26(36)25(28(38)39)34-24(20-12-5-2-6-13-20)21-14-7-8-15-22(21)33-27(37)23-16-9-17-35(23)18-19-10-3-1-4-11-19;/h1-8,10-15,23,25-26,36H,9,16-18H2,(H2,33,34,37,38,39);/p-1/t23-,25-,26-;/m0./s1. The number of carbonyl (C=O) groups is 2. The molecule has 0 bridgehead atoms.